The normalized spacial score (nSPS) is 11.1. The van der Waals surface area contributed by atoms with Gasteiger partial charge in [0, 0.05) is 36.5 Å². The van der Waals surface area contributed by atoms with Crippen molar-refractivity contribution in [3.8, 4) is 39.7 Å². The lowest BCUT2D eigenvalue weighted by Crippen LogP contribution is -2.05. The largest absolute Gasteiger partial charge is 0.494 e. The summed E-state index contributed by atoms with van der Waals surface area (Å²) in [7, 11) is 0. The molecule has 0 fully saturated rings. The Morgan fingerprint density at radius 1 is 0.865 bits per heavy atom. The topological polar surface area (TPSA) is 103 Å². The third-order valence-corrected chi connectivity index (χ3v) is 5.96. The second-order valence-electron chi connectivity index (χ2n) is 8.69. The Balaban J connectivity index is 1.44. The van der Waals surface area contributed by atoms with E-state index in [2.05, 4.69) is 41.2 Å². The van der Waals surface area contributed by atoms with E-state index in [1.54, 1.807) is 17.1 Å². The molecule has 0 aliphatic carbocycles. The van der Waals surface area contributed by atoms with Gasteiger partial charge >= 0.3 is 5.97 Å². The van der Waals surface area contributed by atoms with Gasteiger partial charge in [-0.25, -0.2) is 9.67 Å². The Morgan fingerprint density at radius 2 is 1.51 bits per heavy atom. The molecule has 8 heteroatoms. The second kappa shape index (κ2) is 11.0. The molecule has 8 nitrogen and oxygen atoms in total. The summed E-state index contributed by atoms with van der Waals surface area (Å²) in [6.45, 7) is 3.24. The summed E-state index contributed by atoms with van der Waals surface area (Å²) < 4.78 is 7.47. The first-order chi connectivity index (χ1) is 18.1. The van der Waals surface area contributed by atoms with Gasteiger partial charge in [0.25, 0.3) is 0 Å². The van der Waals surface area contributed by atoms with Gasteiger partial charge in [0.05, 0.1) is 17.6 Å². The molecule has 0 saturated carbocycles. The number of carbonyl (C=O) groups is 1. The maximum Gasteiger partial charge on any atom is 0.303 e. The van der Waals surface area contributed by atoms with Crippen LogP contribution in [-0.4, -0.2) is 42.4 Å². The van der Waals surface area contributed by atoms with Crippen molar-refractivity contribution in [2.75, 3.05) is 6.61 Å². The Bertz CT molecular complexity index is 1510. The summed E-state index contributed by atoms with van der Waals surface area (Å²) in [5.41, 5.74) is 5.47. The van der Waals surface area contributed by atoms with E-state index >= 15 is 0 Å². The highest BCUT2D eigenvalue weighted by molar-refractivity contribution is 5.80. The van der Waals surface area contributed by atoms with E-state index in [0.717, 1.165) is 45.5 Å². The fourth-order valence-corrected chi connectivity index (χ4v) is 4.09. The van der Waals surface area contributed by atoms with Crippen LogP contribution >= 0.6 is 0 Å². The third kappa shape index (κ3) is 5.64. The average molecular weight is 494 g/mol. The van der Waals surface area contributed by atoms with Crippen LogP contribution < -0.4 is 4.74 Å². The van der Waals surface area contributed by atoms with Crippen molar-refractivity contribution in [3.05, 3.63) is 79.1 Å². The van der Waals surface area contributed by atoms with Gasteiger partial charge in [0.1, 0.15) is 5.75 Å². The standard InChI is InChI=1S/C29H27N5O3/c1-2-18-37-24-12-9-21(10-13-24)20-5-7-22(8-6-20)29-32-28(33-34(29)17-3-4-27(35)36)23-11-14-25-26(19-23)31-16-15-30-25/h5-16,19H,2-4,17-18H2,1H3,(H,35,36). The molecule has 3 aromatic carbocycles. The van der Waals surface area contributed by atoms with E-state index in [0.29, 0.717) is 31.2 Å². The number of nitrogens with zero attached hydrogens (tertiary/aromatic N) is 5. The molecule has 0 atom stereocenters. The molecule has 0 amide bonds. The Morgan fingerprint density at radius 3 is 2.22 bits per heavy atom. The van der Waals surface area contributed by atoms with Crippen LogP contribution in [0.1, 0.15) is 26.2 Å². The van der Waals surface area contributed by atoms with Crippen molar-refractivity contribution in [2.24, 2.45) is 0 Å². The number of hydrogen-bond acceptors (Lipinski definition) is 6. The third-order valence-electron chi connectivity index (χ3n) is 5.96. The molecule has 5 rings (SSSR count). The average Bonchev–Trinajstić information content (AvgIpc) is 3.36. The van der Waals surface area contributed by atoms with Gasteiger partial charge in [-0.15, -0.1) is 0 Å². The van der Waals surface area contributed by atoms with Gasteiger partial charge in [-0.05, 0) is 54.3 Å². The summed E-state index contributed by atoms with van der Waals surface area (Å²) >= 11 is 0. The molecule has 5 aromatic rings. The number of benzene rings is 3. The van der Waals surface area contributed by atoms with E-state index in [4.69, 9.17) is 19.9 Å². The minimum absolute atomic E-state index is 0.0666. The molecule has 186 valence electrons. The summed E-state index contributed by atoms with van der Waals surface area (Å²) in [5.74, 6) is 1.29. The lowest BCUT2D eigenvalue weighted by atomic mass is 10.0. The summed E-state index contributed by atoms with van der Waals surface area (Å²) in [6.07, 6.45) is 4.81. The first kappa shape index (κ1) is 24.1. The number of aryl methyl sites for hydroxylation is 1. The maximum atomic E-state index is 11.1. The highest BCUT2D eigenvalue weighted by atomic mass is 16.5. The molecule has 0 bridgehead atoms. The highest BCUT2D eigenvalue weighted by Gasteiger charge is 2.15. The predicted octanol–water partition coefficient (Wildman–Crippen LogP) is 5.88. The minimum Gasteiger partial charge on any atom is -0.494 e. The smallest absolute Gasteiger partial charge is 0.303 e. The first-order valence-corrected chi connectivity index (χ1v) is 12.3. The van der Waals surface area contributed by atoms with Crippen LogP contribution in [0.5, 0.6) is 5.75 Å². The monoisotopic (exact) mass is 493 g/mol. The molecule has 0 spiro atoms. The van der Waals surface area contributed by atoms with Crippen LogP contribution in [0.15, 0.2) is 79.1 Å². The summed E-state index contributed by atoms with van der Waals surface area (Å²) in [4.78, 5) is 24.6. The molecule has 0 unspecified atom stereocenters. The van der Waals surface area contributed by atoms with E-state index in [1.807, 2.05) is 42.5 Å². The Hall–Kier alpha value is -4.59. The minimum atomic E-state index is -0.828. The van der Waals surface area contributed by atoms with E-state index in [9.17, 15) is 4.79 Å². The predicted molar refractivity (Wildman–Crippen MR) is 142 cm³/mol. The zero-order valence-electron chi connectivity index (χ0n) is 20.5. The number of carboxylic acids is 1. The number of aliphatic carboxylic acids is 1. The zero-order chi connectivity index (χ0) is 25.6. The molecule has 0 aliphatic rings. The van der Waals surface area contributed by atoms with Crippen LogP contribution in [0.3, 0.4) is 0 Å². The zero-order valence-corrected chi connectivity index (χ0v) is 20.5. The van der Waals surface area contributed by atoms with Gasteiger partial charge in [0.15, 0.2) is 11.6 Å². The van der Waals surface area contributed by atoms with Crippen molar-refractivity contribution in [3.63, 3.8) is 0 Å². The van der Waals surface area contributed by atoms with Gasteiger partial charge in [0.2, 0.25) is 0 Å². The van der Waals surface area contributed by atoms with Crippen molar-refractivity contribution < 1.29 is 14.6 Å². The molecular weight excluding hydrogens is 466 g/mol. The number of carboxylic acid groups (broad SMARTS) is 1. The summed E-state index contributed by atoms with van der Waals surface area (Å²) in [5, 5.41) is 13.8. The second-order valence-corrected chi connectivity index (χ2v) is 8.69. The number of fused-ring (bicyclic) bond motifs is 1. The number of hydrogen-bond donors (Lipinski definition) is 1. The SMILES string of the molecule is CCCOc1ccc(-c2ccc(-c3nc(-c4ccc5nccnc5c4)nn3CCCC(=O)O)cc2)cc1. The van der Waals surface area contributed by atoms with Crippen LogP contribution in [-0.2, 0) is 11.3 Å². The first-order valence-electron chi connectivity index (χ1n) is 12.3. The molecular formula is C29H27N5O3. The van der Waals surface area contributed by atoms with Crippen molar-refractivity contribution in [1.82, 2.24) is 24.7 Å². The van der Waals surface area contributed by atoms with E-state index < -0.39 is 5.97 Å². The van der Waals surface area contributed by atoms with Gasteiger partial charge in [-0.3, -0.25) is 14.8 Å². The molecule has 37 heavy (non-hydrogen) atoms. The number of ether oxygens (including phenoxy) is 1. The molecule has 0 aliphatic heterocycles. The van der Waals surface area contributed by atoms with Crippen molar-refractivity contribution in [1.29, 1.82) is 0 Å². The highest BCUT2D eigenvalue weighted by Crippen LogP contribution is 2.28. The molecule has 0 saturated heterocycles. The Labute approximate surface area is 214 Å². The molecule has 2 aromatic heterocycles. The van der Waals surface area contributed by atoms with E-state index in [1.165, 1.54) is 0 Å². The van der Waals surface area contributed by atoms with Crippen molar-refractivity contribution in [2.45, 2.75) is 32.7 Å². The van der Waals surface area contributed by atoms with Crippen molar-refractivity contribution >= 4 is 17.0 Å². The molecule has 2 heterocycles. The maximum absolute atomic E-state index is 11.1. The van der Waals surface area contributed by atoms with Gasteiger partial charge < -0.3 is 9.84 Å². The number of rotatable bonds is 10. The number of aromatic nitrogens is 5. The van der Waals surface area contributed by atoms with Crippen LogP contribution in [0, 0.1) is 0 Å². The fourth-order valence-electron chi connectivity index (χ4n) is 4.09. The lowest BCUT2D eigenvalue weighted by molar-refractivity contribution is -0.137. The summed E-state index contributed by atoms with van der Waals surface area (Å²) in [6, 6.07) is 22.0. The quantitative estimate of drug-likeness (QED) is 0.259. The Kier molecular flexibility index (Phi) is 7.16. The fraction of sp³-hybridized carbons (Fsp3) is 0.207. The molecule has 1 N–H and O–H groups in total. The van der Waals surface area contributed by atoms with Gasteiger partial charge in [-0.1, -0.05) is 43.3 Å². The van der Waals surface area contributed by atoms with E-state index in [-0.39, 0.29) is 6.42 Å². The van der Waals surface area contributed by atoms with Crippen LogP contribution in [0.4, 0.5) is 0 Å². The van der Waals surface area contributed by atoms with Gasteiger partial charge in [-0.2, -0.15) is 5.10 Å². The van der Waals surface area contributed by atoms with Crippen LogP contribution in [0.25, 0.3) is 44.9 Å². The molecule has 0 radical (unpaired) electrons. The van der Waals surface area contributed by atoms with Crippen LogP contribution in [0.2, 0.25) is 0 Å². The lowest BCUT2D eigenvalue weighted by Gasteiger charge is -2.08.